The van der Waals surface area contributed by atoms with Gasteiger partial charge in [-0.05, 0) is 17.7 Å². The van der Waals surface area contributed by atoms with E-state index < -0.39 is 10.3 Å². The van der Waals surface area contributed by atoms with Gasteiger partial charge in [-0.2, -0.15) is 13.1 Å². The van der Waals surface area contributed by atoms with E-state index in [0.717, 1.165) is 5.56 Å². The summed E-state index contributed by atoms with van der Waals surface area (Å²) in [6, 6.07) is 17.6. The number of benzene rings is 2. The summed E-state index contributed by atoms with van der Waals surface area (Å²) in [7, 11) is -3.78. The summed E-state index contributed by atoms with van der Waals surface area (Å²) in [5.41, 5.74) is 0.873. The van der Waals surface area contributed by atoms with Crippen LogP contribution in [0.15, 0.2) is 60.7 Å². The Balaban J connectivity index is 1.96. The zero-order valence-electron chi connectivity index (χ0n) is 9.61. The molecule has 0 saturated carbocycles. The zero-order chi connectivity index (χ0) is 12.8. The molecule has 1 N–H and O–H groups in total. The molecule has 0 heterocycles. The molecule has 0 radical (unpaired) electrons. The Morgan fingerprint density at radius 1 is 0.889 bits per heavy atom. The van der Waals surface area contributed by atoms with Crippen molar-refractivity contribution in [2.24, 2.45) is 0 Å². The van der Waals surface area contributed by atoms with Gasteiger partial charge in [-0.15, -0.1) is 0 Å². The highest BCUT2D eigenvalue weighted by atomic mass is 32.2. The molecule has 18 heavy (non-hydrogen) atoms. The minimum absolute atomic E-state index is 0.204. The monoisotopic (exact) mass is 263 g/mol. The molecule has 0 unspecified atom stereocenters. The molecule has 94 valence electrons. The molecule has 0 spiro atoms. The average molecular weight is 263 g/mol. The molecule has 0 aliphatic heterocycles. The molecular weight excluding hydrogens is 250 g/mol. The molecule has 0 aromatic heterocycles. The first kappa shape index (κ1) is 12.6. The predicted octanol–water partition coefficient (Wildman–Crippen LogP) is 2.10. The number of hydrogen-bond donors (Lipinski definition) is 1. The molecule has 4 nitrogen and oxygen atoms in total. The Labute approximate surface area is 106 Å². The molecule has 0 atom stereocenters. The fourth-order valence-corrected chi connectivity index (χ4v) is 2.17. The fourth-order valence-electron chi connectivity index (χ4n) is 1.40. The molecule has 0 saturated heterocycles. The molecule has 5 heteroatoms. The lowest BCUT2D eigenvalue weighted by Crippen LogP contribution is -2.27. The van der Waals surface area contributed by atoms with Crippen molar-refractivity contribution in [3.63, 3.8) is 0 Å². The lowest BCUT2D eigenvalue weighted by Gasteiger charge is -2.07. The second kappa shape index (κ2) is 5.66. The van der Waals surface area contributed by atoms with Crippen LogP contribution in [0.25, 0.3) is 0 Å². The minimum Gasteiger partial charge on any atom is -0.371 e. The number of hydrogen-bond acceptors (Lipinski definition) is 3. The van der Waals surface area contributed by atoms with E-state index in [1.165, 1.54) is 0 Å². The summed E-state index contributed by atoms with van der Waals surface area (Å²) < 4.78 is 30.5. The maximum atomic E-state index is 11.6. The van der Waals surface area contributed by atoms with Crippen LogP contribution in [0, 0.1) is 0 Å². The topological polar surface area (TPSA) is 55.4 Å². The van der Waals surface area contributed by atoms with E-state index in [9.17, 15) is 8.42 Å². The lowest BCUT2D eigenvalue weighted by molar-refractivity contribution is 0.471. The smallest absolute Gasteiger partial charge is 0.371 e. The van der Waals surface area contributed by atoms with Crippen LogP contribution in [0.5, 0.6) is 5.75 Å². The lowest BCUT2D eigenvalue weighted by atomic mass is 10.2. The van der Waals surface area contributed by atoms with Crippen LogP contribution < -0.4 is 8.91 Å². The largest absolute Gasteiger partial charge is 0.382 e. The van der Waals surface area contributed by atoms with E-state index in [4.69, 9.17) is 4.18 Å². The first-order valence-corrected chi connectivity index (χ1v) is 6.84. The van der Waals surface area contributed by atoms with Crippen LogP contribution in [0.1, 0.15) is 5.56 Å². The SMILES string of the molecule is O=S(=O)(NCc1ccccc1)Oc1ccccc1. The molecular formula is C13H13NO3S. The van der Waals surface area contributed by atoms with E-state index >= 15 is 0 Å². The maximum Gasteiger partial charge on any atom is 0.382 e. The van der Waals surface area contributed by atoms with Gasteiger partial charge in [-0.3, -0.25) is 0 Å². The van der Waals surface area contributed by atoms with Gasteiger partial charge >= 0.3 is 10.3 Å². The highest BCUT2D eigenvalue weighted by Gasteiger charge is 2.11. The standard InChI is InChI=1S/C13H13NO3S/c15-18(16,17-13-9-5-2-6-10-13)14-11-12-7-3-1-4-8-12/h1-10,14H,11H2. The van der Waals surface area contributed by atoms with Crippen LogP contribution in [-0.4, -0.2) is 8.42 Å². The Kier molecular flexibility index (Phi) is 3.96. The predicted molar refractivity (Wildman–Crippen MR) is 69.3 cm³/mol. The second-order valence-electron chi connectivity index (χ2n) is 3.66. The van der Waals surface area contributed by atoms with Crippen LogP contribution in [-0.2, 0) is 16.8 Å². The van der Waals surface area contributed by atoms with Gasteiger partial charge < -0.3 is 4.18 Å². The third kappa shape index (κ3) is 3.87. The Bertz CT molecular complexity index is 582. The highest BCUT2D eigenvalue weighted by molar-refractivity contribution is 7.85. The molecule has 0 amide bonds. The van der Waals surface area contributed by atoms with E-state index in [1.54, 1.807) is 30.3 Å². The van der Waals surface area contributed by atoms with Crippen LogP contribution in [0.2, 0.25) is 0 Å². The minimum atomic E-state index is -3.78. The summed E-state index contributed by atoms with van der Waals surface area (Å²) in [6.07, 6.45) is 0. The molecule has 0 fully saturated rings. The Morgan fingerprint density at radius 2 is 1.44 bits per heavy atom. The normalized spacial score (nSPS) is 11.1. The zero-order valence-corrected chi connectivity index (χ0v) is 10.4. The van der Waals surface area contributed by atoms with Gasteiger partial charge in [0, 0.05) is 6.54 Å². The van der Waals surface area contributed by atoms with E-state index in [1.807, 2.05) is 30.3 Å². The molecule has 2 aromatic rings. The fraction of sp³-hybridized carbons (Fsp3) is 0.0769. The first-order chi connectivity index (χ1) is 8.66. The summed E-state index contributed by atoms with van der Waals surface area (Å²) in [5, 5.41) is 0. The van der Waals surface area contributed by atoms with Gasteiger partial charge in [0.05, 0.1) is 0 Å². The average Bonchev–Trinajstić information content (AvgIpc) is 2.38. The summed E-state index contributed by atoms with van der Waals surface area (Å²) in [4.78, 5) is 0. The molecule has 2 aromatic carbocycles. The van der Waals surface area contributed by atoms with Crippen LogP contribution in [0.3, 0.4) is 0 Å². The van der Waals surface area contributed by atoms with Gasteiger partial charge in [0.2, 0.25) is 0 Å². The third-order valence-electron chi connectivity index (χ3n) is 2.25. The summed E-state index contributed by atoms with van der Waals surface area (Å²) >= 11 is 0. The first-order valence-electron chi connectivity index (χ1n) is 5.44. The molecule has 0 bridgehead atoms. The number of nitrogens with one attached hydrogen (secondary N) is 1. The quantitative estimate of drug-likeness (QED) is 0.898. The van der Waals surface area contributed by atoms with Gasteiger partial charge in [-0.25, -0.2) is 0 Å². The van der Waals surface area contributed by atoms with Crippen LogP contribution in [0.4, 0.5) is 0 Å². The Morgan fingerprint density at radius 3 is 2.06 bits per heavy atom. The number of rotatable bonds is 5. The summed E-state index contributed by atoms with van der Waals surface area (Å²) in [6.45, 7) is 0.204. The van der Waals surface area contributed by atoms with E-state index in [-0.39, 0.29) is 12.3 Å². The van der Waals surface area contributed by atoms with Crippen molar-refractivity contribution in [3.05, 3.63) is 66.2 Å². The van der Waals surface area contributed by atoms with Gasteiger partial charge in [0.25, 0.3) is 0 Å². The number of para-hydroxylation sites is 1. The Hall–Kier alpha value is -1.85. The second-order valence-corrected chi connectivity index (χ2v) is 5.02. The molecule has 2 rings (SSSR count). The van der Waals surface area contributed by atoms with Crippen molar-refractivity contribution in [3.8, 4) is 5.75 Å². The highest BCUT2D eigenvalue weighted by Crippen LogP contribution is 2.10. The van der Waals surface area contributed by atoms with Gasteiger partial charge in [0.1, 0.15) is 5.75 Å². The van der Waals surface area contributed by atoms with E-state index in [2.05, 4.69) is 4.72 Å². The van der Waals surface area contributed by atoms with Crippen molar-refractivity contribution >= 4 is 10.3 Å². The van der Waals surface area contributed by atoms with Crippen molar-refractivity contribution < 1.29 is 12.6 Å². The van der Waals surface area contributed by atoms with Crippen molar-refractivity contribution in [2.45, 2.75) is 6.54 Å². The third-order valence-corrected chi connectivity index (χ3v) is 3.15. The maximum absolute atomic E-state index is 11.6. The summed E-state index contributed by atoms with van der Waals surface area (Å²) in [5.74, 6) is 0.290. The van der Waals surface area contributed by atoms with Crippen molar-refractivity contribution in [1.82, 2.24) is 4.72 Å². The molecule has 0 aliphatic rings. The van der Waals surface area contributed by atoms with Crippen molar-refractivity contribution in [2.75, 3.05) is 0 Å². The van der Waals surface area contributed by atoms with Crippen LogP contribution >= 0.6 is 0 Å². The van der Waals surface area contributed by atoms with E-state index in [0.29, 0.717) is 0 Å². The van der Waals surface area contributed by atoms with Crippen molar-refractivity contribution in [1.29, 1.82) is 0 Å². The van der Waals surface area contributed by atoms with Gasteiger partial charge in [-0.1, -0.05) is 48.5 Å². The van der Waals surface area contributed by atoms with Gasteiger partial charge in [0.15, 0.2) is 0 Å². The molecule has 0 aliphatic carbocycles.